The minimum Gasteiger partial charge on any atom is -0.458 e. The fraction of sp³-hybridized carbons (Fsp3) is 0.250. The van der Waals surface area contributed by atoms with Gasteiger partial charge in [-0.3, -0.25) is 25.0 Å². The zero-order valence-electron chi connectivity index (χ0n) is 16.5. The first-order valence-corrected chi connectivity index (χ1v) is 10.4. The minimum absolute atomic E-state index is 0.137. The van der Waals surface area contributed by atoms with Crippen LogP contribution in [0.3, 0.4) is 0 Å². The van der Waals surface area contributed by atoms with Crippen LogP contribution in [0.15, 0.2) is 40.1 Å². The number of carbonyl (C=O) groups is 2. The van der Waals surface area contributed by atoms with E-state index in [0.717, 1.165) is 12.8 Å². The Labute approximate surface area is 180 Å². The molecule has 0 saturated heterocycles. The fourth-order valence-corrected chi connectivity index (χ4v) is 3.52. The second-order valence-electron chi connectivity index (χ2n) is 7.08. The fourth-order valence-electron chi connectivity index (χ4n) is 2.83. The van der Waals surface area contributed by atoms with Crippen molar-refractivity contribution in [2.45, 2.75) is 32.4 Å². The van der Waals surface area contributed by atoms with Gasteiger partial charge in [-0.15, -0.1) is 11.3 Å². The van der Waals surface area contributed by atoms with Crippen LogP contribution in [0.2, 0.25) is 0 Å². The smallest absolute Gasteiger partial charge is 0.293 e. The number of nitro groups is 1. The second kappa shape index (κ2) is 8.56. The lowest BCUT2D eigenvalue weighted by Crippen LogP contribution is -2.18. The summed E-state index contributed by atoms with van der Waals surface area (Å²) < 4.78 is 5.65. The lowest BCUT2D eigenvalue weighted by atomic mass is 10.1. The van der Waals surface area contributed by atoms with Crippen molar-refractivity contribution in [2.24, 2.45) is 0 Å². The molecule has 1 fully saturated rings. The number of benzene rings is 1. The molecular formula is C20H19N5O5S. The molecule has 3 aromatic rings. The average Bonchev–Trinajstić information content (AvgIpc) is 3.23. The van der Waals surface area contributed by atoms with Crippen molar-refractivity contribution in [2.75, 3.05) is 10.6 Å². The van der Waals surface area contributed by atoms with E-state index >= 15 is 0 Å². The highest BCUT2D eigenvalue weighted by molar-refractivity contribution is 7.14. The summed E-state index contributed by atoms with van der Waals surface area (Å²) >= 11 is 1.21. The van der Waals surface area contributed by atoms with E-state index in [2.05, 4.69) is 20.9 Å². The first-order chi connectivity index (χ1) is 14.9. The summed E-state index contributed by atoms with van der Waals surface area (Å²) in [6.45, 7) is 1.69. The summed E-state index contributed by atoms with van der Waals surface area (Å²) in [7, 11) is 0. The topological polar surface area (TPSA) is 139 Å². The molecule has 0 aliphatic heterocycles. The maximum Gasteiger partial charge on any atom is 0.293 e. The van der Waals surface area contributed by atoms with Crippen LogP contribution in [-0.2, 0) is 11.3 Å². The highest BCUT2D eigenvalue weighted by Gasteiger charge is 2.25. The quantitative estimate of drug-likeness (QED) is 0.357. The summed E-state index contributed by atoms with van der Waals surface area (Å²) in [6, 6.07) is 8.08. The predicted molar refractivity (Wildman–Crippen MR) is 115 cm³/mol. The highest BCUT2D eigenvalue weighted by atomic mass is 32.1. The first-order valence-electron chi connectivity index (χ1n) is 9.54. The Morgan fingerprint density at radius 2 is 2.10 bits per heavy atom. The molecule has 2 amide bonds. The largest absolute Gasteiger partial charge is 0.458 e. The number of hydrogen-bond donors (Lipinski definition) is 3. The Morgan fingerprint density at radius 3 is 2.81 bits per heavy atom. The number of amides is 2. The van der Waals surface area contributed by atoms with Crippen molar-refractivity contribution < 1.29 is 18.9 Å². The number of thiazole rings is 1. The highest BCUT2D eigenvalue weighted by Crippen LogP contribution is 2.32. The molecule has 0 unspecified atom stereocenters. The van der Waals surface area contributed by atoms with Crippen molar-refractivity contribution in [3.63, 3.8) is 0 Å². The molecule has 0 spiro atoms. The van der Waals surface area contributed by atoms with Crippen LogP contribution < -0.4 is 16.0 Å². The molecule has 3 N–H and O–H groups in total. The number of nitrogens with one attached hydrogen (secondary N) is 3. The van der Waals surface area contributed by atoms with Gasteiger partial charge in [0.25, 0.3) is 11.6 Å². The van der Waals surface area contributed by atoms with E-state index in [4.69, 9.17) is 4.42 Å². The number of nitro benzene ring substituents is 1. The second-order valence-corrected chi connectivity index (χ2v) is 7.93. The molecule has 0 bridgehead atoms. The van der Waals surface area contributed by atoms with Crippen molar-refractivity contribution in [1.29, 1.82) is 0 Å². The molecular weight excluding hydrogens is 422 g/mol. The van der Waals surface area contributed by atoms with E-state index in [-0.39, 0.29) is 29.7 Å². The first kappa shape index (κ1) is 20.5. The Kier molecular flexibility index (Phi) is 5.67. The molecule has 2 aromatic heterocycles. The standard InChI is InChI=1S/C20H19N5O5S/c1-11(26)21-9-14-5-7-18(30-14)16-10-31-20(23-16)24-19(27)12-2-6-15(22-13-3-4-13)17(8-12)25(28)29/h2,5-8,10,13,22H,3-4,9H2,1H3,(H,21,26)(H,23,24,27). The maximum atomic E-state index is 12.6. The average molecular weight is 441 g/mol. The van der Waals surface area contributed by atoms with Crippen LogP contribution in [0.5, 0.6) is 0 Å². The van der Waals surface area contributed by atoms with Gasteiger partial charge < -0.3 is 15.1 Å². The molecule has 2 heterocycles. The van der Waals surface area contributed by atoms with E-state index in [0.29, 0.717) is 28.0 Å². The van der Waals surface area contributed by atoms with E-state index in [1.54, 1.807) is 29.6 Å². The van der Waals surface area contributed by atoms with Gasteiger partial charge in [-0.1, -0.05) is 0 Å². The molecule has 1 aliphatic rings. The van der Waals surface area contributed by atoms with Gasteiger partial charge in [-0.2, -0.15) is 0 Å². The predicted octanol–water partition coefficient (Wildman–Crippen LogP) is 3.77. The van der Waals surface area contributed by atoms with Gasteiger partial charge in [0.05, 0.1) is 11.5 Å². The SMILES string of the molecule is CC(=O)NCc1ccc(-c2csc(NC(=O)c3ccc(NC4CC4)c([N+](=O)[O-])c3)n2)o1. The molecule has 4 rings (SSSR count). The van der Waals surface area contributed by atoms with Crippen LogP contribution in [0.4, 0.5) is 16.5 Å². The van der Waals surface area contributed by atoms with Gasteiger partial charge in [-0.25, -0.2) is 4.98 Å². The number of anilines is 2. The lowest BCUT2D eigenvalue weighted by molar-refractivity contribution is -0.384. The summed E-state index contributed by atoms with van der Waals surface area (Å²) in [5.41, 5.74) is 0.972. The van der Waals surface area contributed by atoms with Crippen LogP contribution in [-0.4, -0.2) is 27.8 Å². The minimum atomic E-state index is -0.502. The third kappa shape index (κ3) is 5.07. The normalized spacial score (nSPS) is 12.9. The van der Waals surface area contributed by atoms with E-state index in [1.807, 2.05) is 0 Å². The van der Waals surface area contributed by atoms with Gasteiger partial charge in [0.2, 0.25) is 5.91 Å². The monoisotopic (exact) mass is 441 g/mol. The summed E-state index contributed by atoms with van der Waals surface area (Å²) in [5, 5.41) is 21.9. The van der Waals surface area contributed by atoms with Gasteiger partial charge in [-0.05, 0) is 37.1 Å². The van der Waals surface area contributed by atoms with Crippen LogP contribution in [0.25, 0.3) is 11.5 Å². The molecule has 160 valence electrons. The van der Waals surface area contributed by atoms with Crippen LogP contribution >= 0.6 is 11.3 Å². The number of carbonyl (C=O) groups excluding carboxylic acids is 2. The van der Waals surface area contributed by atoms with Crippen molar-refractivity contribution in [3.8, 4) is 11.5 Å². The van der Waals surface area contributed by atoms with Crippen molar-refractivity contribution in [3.05, 3.63) is 57.1 Å². The van der Waals surface area contributed by atoms with E-state index in [9.17, 15) is 19.7 Å². The Balaban J connectivity index is 1.44. The van der Waals surface area contributed by atoms with Crippen LogP contribution in [0.1, 0.15) is 35.9 Å². The maximum absolute atomic E-state index is 12.6. The molecule has 31 heavy (non-hydrogen) atoms. The van der Waals surface area contributed by atoms with Crippen LogP contribution in [0, 0.1) is 10.1 Å². The molecule has 1 aliphatic carbocycles. The molecule has 11 heteroatoms. The third-order valence-electron chi connectivity index (χ3n) is 4.54. The number of rotatable bonds is 8. The molecule has 10 nitrogen and oxygen atoms in total. The number of hydrogen-bond acceptors (Lipinski definition) is 8. The molecule has 1 aromatic carbocycles. The van der Waals surface area contributed by atoms with Gasteiger partial charge >= 0.3 is 0 Å². The zero-order valence-corrected chi connectivity index (χ0v) is 17.3. The Bertz CT molecular complexity index is 1150. The van der Waals surface area contributed by atoms with Gasteiger partial charge in [0.15, 0.2) is 10.9 Å². The number of furan rings is 1. The lowest BCUT2D eigenvalue weighted by Gasteiger charge is -2.07. The summed E-state index contributed by atoms with van der Waals surface area (Å²) in [4.78, 5) is 38.8. The van der Waals surface area contributed by atoms with Crippen molar-refractivity contribution in [1.82, 2.24) is 10.3 Å². The van der Waals surface area contributed by atoms with E-state index in [1.165, 1.54) is 24.3 Å². The summed E-state index contributed by atoms with van der Waals surface area (Å²) in [6.07, 6.45) is 1.96. The van der Waals surface area contributed by atoms with Gasteiger partial charge in [0.1, 0.15) is 17.1 Å². The number of nitrogens with zero attached hydrogens (tertiary/aromatic N) is 2. The molecule has 0 atom stereocenters. The number of aromatic nitrogens is 1. The molecule has 0 radical (unpaired) electrons. The van der Waals surface area contributed by atoms with Crippen molar-refractivity contribution >= 4 is 39.7 Å². The van der Waals surface area contributed by atoms with E-state index < -0.39 is 10.8 Å². The Hall–Kier alpha value is -3.73. The molecule has 1 saturated carbocycles. The zero-order chi connectivity index (χ0) is 22.0. The Morgan fingerprint density at radius 1 is 1.29 bits per heavy atom. The third-order valence-corrected chi connectivity index (χ3v) is 5.30. The van der Waals surface area contributed by atoms with Gasteiger partial charge in [0, 0.05) is 30.0 Å². The summed E-state index contributed by atoms with van der Waals surface area (Å²) in [5.74, 6) is 0.431.